The van der Waals surface area contributed by atoms with E-state index in [4.69, 9.17) is 9.47 Å². The van der Waals surface area contributed by atoms with Gasteiger partial charge in [-0.15, -0.1) is 0 Å². The zero-order valence-corrected chi connectivity index (χ0v) is 11.7. The van der Waals surface area contributed by atoms with Crippen LogP contribution >= 0.6 is 0 Å². The zero-order chi connectivity index (χ0) is 14.1. The topological polar surface area (TPSA) is 76.0 Å². The van der Waals surface area contributed by atoms with Gasteiger partial charge in [-0.3, -0.25) is 0 Å². The van der Waals surface area contributed by atoms with Gasteiger partial charge in [0, 0.05) is 0 Å². The fourth-order valence-corrected chi connectivity index (χ4v) is 4.33. The maximum Gasteiger partial charge on any atom is 0.335 e. The minimum Gasteiger partial charge on any atom is -0.479 e. The highest BCUT2D eigenvalue weighted by Crippen LogP contribution is 2.59. The number of carboxylic acid groups (broad SMARTS) is 1. The molecule has 1 aliphatic heterocycles. The highest BCUT2D eigenvalue weighted by molar-refractivity contribution is 5.77. The summed E-state index contributed by atoms with van der Waals surface area (Å²) in [6, 6.07) is 0. The van der Waals surface area contributed by atoms with Crippen molar-refractivity contribution in [3.05, 3.63) is 0 Å². The van der Waals surface area contributed by atoms with Crippen LogP contribution in [0.1, 0.15) is 46.5 Å². The minimum absolute atomic E-state index is 0.0317. The fourth-order valence-electron chi connectivity index (χ4n) is 4.33. The second-order valence-electron chi connectivity index (χ2n) is 7.16. The number of carbonyl (C=O) groups is 1. The van der Waals surface area contributed by atoms with Gasteiger partial charge < -0.3 is 19.7 Å². The first-order valence-corrected chi connectivity index (χ1v) is 6.97. The van der Waals surface area contributed by atoms with Crippen molar-refractivity contribution in [2.75, 3.05) is 0 Å². The maximum absolute atomic E-state index is 11.3. The van der Waals surface area contributed by atoms with E-state index in [2.05, 4.69) is 6.92 Å². The first kappa shape index (κ1) is 13.3. The smallest absolute Gasteiger partial charge is 0.335 e. The van der Waals surface area contributed by atoms with Crippen LogP contribution in [0.15, 0.2) is 0 Å². The Labute approximate surface area is 112 Å². The number of ether oxygens (including phenoxy) is 2. The number of rotatable bonds is 1. The van der Waals surface area contributed by atoms with Gasteiger partial charge in [0.15, 0.2) is 11.4 Å². The van der Waals surface area contributed by atoms with Gasteiger partial charge in [0.05, 0.1) is 12.2 Å². The molecular formula is C14H22O5. The Morgan fingerprint density at radius 1 is 1.26 bits per heavy atom. The van der Waals surface area contributed by atoms with E-state index in [0.29, 0.717) is 6.42 Å². The minimum atomic E-state index is -1.61. The van der Waals surface area contributed by atoms with Gasteiger partial charge in [0.2, 0.25) is 0 Å². The lowest BCUT2D eigenvalue weighted by Crippen LogP contribution is -2.43. The lowest BCUT2D eigenvalue weighted by molar-refractivity contribution is -0.159. The molecule has 5 nitrogen and oxygen atoms in total. The third-order valence-electron chi connectivity index (χ3n) is 5.17. The average Bonchev–Trinajstić information content (AvgIpc) is 2.72. The molecule has 2 N–H and O–H groups in total. The van der Waals surface area contributed by atoms with Crippen LogP contribution in [0.25, 0.3) is 0 Å². The van der Waals surface area contributed by atoms with Crippen molar-refractivity contribution >= 4 is 5.97 Å². The molecule has 3 aliphatic rings. The van der Waals surface area contributed by atoms with Gasteiger partial charge in [-0.1, -0.05) is 6.92 Å². The molecule has 0 aromatic carbocycles. The number of aliphatic hydroxyl groups is 1. The molecule has 1 saturated heterocycles. The predicted octanol–water partition coefficient (Wildman–Crippen LogP) is 1.53. The van der Waals surface area contributed by atoms with Crippen LogP contribution in [0.5, 0.6) is 0 Å². The Morgan fingerprint density at radius 2 is 1.95 bits per heavy atom. The van der Waals surface area contributed by atoms with E-state index in [1.165, 1.54) is 0 Å². The molecule has 1 unspecified atom stereocenters. The van der Waals surface area contributed by atoms with E-state index in [-0.39, 0.29) is 30.0 Å². The highest BCUT2D eigenvalue weighted by atomic mass is 16.8. The number of hydrogen-bond donors (Lipinski definition) is 2. The van der Waals surface area contributed by atoms with Crippen molar-refractivity contribution in [2.45, 2.75) is 70.1 Å². The van der Waals surface area contributed by atoms with Gasteiger partial charge in [-0.25, -0.2) is 4.79 Å². The lowest BCUT2D eigenvalue weighted by atomic mass is 9.67. The van der Waals surface area contributed by atoms with E-state index in [1.54, 1.807) is 0 Å². The lowest BCUT2D eigenvalue weighted by Gasteiger charge is -2.41. The number of fused-ring (bicyclic) bond motifs is 3. The second kappa shape index (κ2) is 3.71. The van der Waals surface area contributed by atoms with Crippen LogP contribution in [-0.4, -0.2) is 39.8 Å². The van der Waals surface area contributed by atoms with Gasteiger partial charge in [-0.2, -0.15) is 0 Å². The molecule has 0 amide bonds. The quantitative estimate of drug-likeness (QED) is 0.755. The summed E-state index contributed by atoms with van der Waals surface area (Å²) < 4.78 is 11.9. The number of carboxylic acids is 1. The molecule has 0 aromatic heterocycles. The SMILES string of the molecule is CC1(C)O[C@H]2[C@H](CC[C@@]3(C)CC(O)(C(=O)O)C[C@H]23)O1. The Hall–Kier alpha value is -0.650. The summed E-state index contributed by atoms with van der Waals surface area (Å²) in [5.41, 5.74) is -1.78. The normalized spacial score (nSPS) is 51.7. The highest BCUT2D eigenvalue weighted by Gasteiger charge is 2.63. The summed E-state index contributed by atoms with van der Waals surface area (Å²) in [7, 11) is 0. The largest absolute Gasteiger partial charge is 0.479 e. The van der Waals surface area contributed by atoms with Gasteiger partial charge in [0.25, 0.3) is 0 Å². The van der Waals surface area contributed by atoms with E-state index in [0.717, 1.165) is 12.8 Å². The molecule has 0 aromatic rings. The van der Waals surface area contributed by atoms with Crippen molar-refractivity contribution in [1.29, 1.82) is 0 Å². The molecule has 0 radical (unpaired) electrons. The summed E-state index contributed by atoms with van der Waals surface area (Å²) in [6.45, 7) is 5.85. The average molecular weight is 270 g/mol. The molecule has 108 valence electrons. The molecule has 19 heavy (non-hydrogen) atoms. The Kier molecular flexibility index (Phi) is 2.61. The van der Waals surface area contributed by atoms with E-state index in [1.807, 2.05) is 13.8 Å². The summed E-state index contributed by atoms with van der Waals surface area (Å²) in [6.07, 6.45) is 2.27. The molecule has 2 aliphatic carbocycles. The second-order valence-corrected chi connectivity index (χ2v) is 7.16. The van der Waals surface area contributed by atoms with Crippen LogP contribution in [-0.2, 0) is 14.3 Å². The van der Waals surface area contributed by atoms with Crippen molar-refractivity contribution < 1.29 is 24.5 Å². The van der Waals surface area contributed by atoms with Crippen molar-refractivity contribution in [3.8, 4) is 0 Å². The summed E-state index contributed by atoms with van der Waals surface area (Å²) in [5.74, 6) is -1.67. The van der Waals surface area contributed by atoms with Gasteiger partial charge in [-0.05, 0) is 50.9 Å². The maximum atomic E-state index is 11.3. The third-order valence-corrected chi connectivity index (χ3v) is 5.17. The van der Waals surface area contributed by atoms with Crippen molar-refractivity contribution in [3.63, 3.8) is 0 Å². The van der Waals surface area contributed by atoms with Gasteiger partial charge in [0.1, 0.15) is 0 Å². The van der Waals surface area contributed by atoms with E-state index < -0.39 is 17.4 Å². The molecule has 1 heterocycles. The summed E-state index contributed by atoms with van der Waals surface area (Å²) >= 11 is 0. The van der Waals surface area contributed by atoms with Crippen LogP contribution < -0.4 is 0 Å². The molecule has 5 heteroatoms. The van der Waals surface area contributed by atoms with E-state index in [9.17, 15) is 15.0 Å². The Bertz CT molecular complexity index is 420. The van der Waals surface area contributed by atoms with Crippen molar-refractivity contribution in [2.24, 2.45) is 11.3 Å². The van der Waals surface area contributed by atoms with Crippen LogP contribution in [0, 0.1) is 11.3 Å². The molecule has 3 rings (SSSR count). The van der Waals surface area contributed by atoms with Crippen molar-refractivity contribution in [1.82, 2.24) is 0 Å². The molecular weight excluding hydrogens is 248 g/mol. The Morgan fingerprint density at radius 3 is 2.58 bits per heavy atom. The van der Waals surface area contributed by atoms with Crippen LogP contribution in [0.2, 0.25) is 0 Å². The predicted molar refractivity (Wildman–Crippen MR) is 66.5 cm³/mol. The molecule has 0 spiro atoms. The molecule has 2 saturated carbocycles. The molecule has 5 atom stereocenters. The standard InChI is InChI=1S/C14H22O5/c1-12(2)18-9-4-5-13(3)7-14(17,11(15)16)6-8(13)10(9)19-12/h8-10,17H,4-7H2,1-3H3,(H,15,16)/t8-,9+,10-,13+,14?/m1/s1. The van der Waals surface area contributed by atoms with E-state index >= 15 is 0 Å². The fraction of sp³-hybridized carbons (Fsp3) is 0.929. The van der Waals surface area contributed by atoms with Crippen LogP contribution in [0.4, 0.5) is 0 Å². The molecule has 3 fully saturated rings. The van der Waals surface area contributed by atoms with Gasteiger partial charge >= 0.3 is 5.97 Å². The van der Waals surface area contributed by atoms with Crippen LogP contribution in [0.3, 0.4) is 0 Å². The first-order valence-electron chi connectivity index (χ1n) is 6.97. The summed E-state index contributed by atoms with van der Waals surface area (Å²) in [4.78, 5) is 11.3. The first-order chi connectivity index (χ1) is 8.65. The number of aliphatic carboxylic acids is 1. The monoisotopic (exact) mass is 270 g/mol. The Balaban J connectivity index is 1.90. The number of hydrogen-bond acceptors (Lipinski definition) is 4. The molecule has 0 bridgehead atoms. The summed E-state index contributed by atoms with van der Waals surface area (Å²) in [5, 5.41) is 19.6. The zero-order valence-electron chi connectivity index (χ0n) is 11.7. The third kappa shape index (κ3) is 1.90.